The lowest BCUT2D eigenvalue weighted by Crippen LogP contribution is -2.23. The van der Waals surface area contributed by atoms with Crippen LogP contribution in [0.1, 0.15) is 30.3 Å². The first-order chi connectivity index (χ1) is 14.1. The second-order valence-electron chi connectivity index (χ2n) is 7.70. The number of nitrogens with zero attached hydrogens (tertiary/aromatic N) is 3. The third kappa shape index (κ3) is 3.16. The predicted molar refractivity (Wildman–Crippen MR) is 115 cm³/mol. The highest BCUT2D eigenvalue weighted by atomic mass is 16.1. The Morgan fingerprint density at radius 1 is 1.10 bits per heavy atom. The molecule has 6 nitrogen and oxygen atoms in total. The van der Waals surface area contributed by atoms with Crippen molar-refractivity contribution in [3.05, 3.63) is 60.6 Å². The van der Waals surface area contributed by atoms with Gasteiger partial charge in [-0.15, -0.1) is 10.2 Å². The van der Waals surface area contributed by atoms with E-state index in [2.05, 4.69) is 33.5 Å². The molecule has 0 bridgehead atoms. The predicted octanol–water partition coefficient (Wildman–Crippen LogP) is 4.15. The minimum atomic E-state index is -0.577. The molecule has 1 atom stereocenters. The van der Waals surface area contributed by atoms with Gasteiger partial charge in [-0.1, -0.05) is 30.3 Å². The first-order valence-electron chi connectivity index (χ1n) is 9.82. The number of primary amides is 1. The molecule has 5 rings (SSSR count). The molecule has 6 heteroatoms. The zero-order chi connectivity index (χ0) is 20.0. The van der Waals surface area contributed by atoms with Gasteiger partial charge in [0.15, 0.2) is 5.69 Å². The molecule has 3 N–H and O–H groups in total. The highest BCUT2D eigenvalue weighted by Gasteiger charge is 2.29. The Labute approximate surface area is 168 Å². The number of benzene rings is 2. The van der Waals surface area contributed by atoms with Crippen LogP contribution in [0.4, 0.5) is 5.69 Å². The summed E-state index contributed by atoms with van der Waals surface area (Å²) in [7, 11) is 0. The lowest BCUT2D eigenvalue weighted by atomic mass is 9.99. The topological polar surface area (TPSA) is 93.8 Å². The molecule has 0 aliphatic heterocycles. The molecule has 2 aromatic carbocycles. The Hall–Kier alpha value is -3.54. The van der Waals surface area contributed by atoms with Crippen molar-refractivity contribution in [2.45, 2.75) is 25.8 Å². The van der Waals surface area contributed by atoms with E-state index in [0.717, 1.165) is 27.3 Å². The van der Waals surface area contributed by atoms with E-state index in [9.17, 15) is 4.79 Å². The summed E-state index contributed by atoms with van der Waals surface area (Å²) in [5, 5.41) is 14.9. The van der Waals surface area contributed by atoms with Crippen LogP contribution < -0.4 is 11.1 Å². The lowest BCUT2D eigenvalue weighted by Gasteiger charge is -2.18. The van der Waals surface area contributed by atoms with Crippen LogP contribution in [0.5, 0.6) is 0 Å². The van der Waals surface area contributed by atoms with Crippen LogP contribution >= 0.6 is 0 Å². The van der Waals surface area contributed by atoms with Crippen molar-refractivity contribution in [1.29, 1.82) is 0 Å². The van der Waals surface area contributed by atoms with E-state index in [1.807, 2.05) is 48.8 Å². The minimum Gasteiger partial charge on any atom is -0.380 e. The van der Waals surface area contributed by atoms with Crippen molar-refractivity contribution in [2.24, 2.45) is 11.7 Å². The van der Waals surface area contributed by atoms with Gasteiger partial charge < -0.3 is 11.1 Å². The SMILES string of the molecule is CC(Nc1c(C(N)=O)nnc2cc(-c3cncc4ccccc34)ccc12)C1CC1. The van der Waals surface area contributed by atoms with E-state index in [1.165, 1.54) is 12.8 Å². The van der Waals surface area contributed by atoms with Gasteiger partial charge in [-0.3, -0.25) is 9.78 Å². The third-order valence-electron chi connectivity index (χ3n) is 5.68. The first kappa shape index (κ1) is 17.6. The fraction of sp³-hybridized carbons (Fsp3) is 0.217. The number of hydrogen-bond acceptors (Lipinski definition) is 5. The second kappa shape index (κ2) is 6.81. The van der Waals surface area contributed by atoms with E-state index >= 15 is 0 Å². The van der Waals surface area contributed by atoms with Gasteiger partial charge in [0, 0.05) is 34.8 Å². The van der Waals surface area contributed by atoms with Gasteiger partial charge in [0.1, 0.15) is 0 Å². The van der Waals surface area contributed by atoms with Crippen LogP contribution in [-0.4, -0.2) is 27.1 Å². The van der Waals surface area contributed by atoms with Crippen LogP contribution in [-0.2, 0) is 0 Å². The summed E-state index contributed by atoms with van der Waals surface area (Å²) in [6.07, 6.45) is 6.13. The van der Waals surface area contributed by atoms with E-state index in [1.54, 1.807) is 0 Å². The number of carbonyl (C=O) groups excluding carboxylic acids is 1. The average molecular weight is 383 g/mol. The maximum Gasteiger partial charge on any atom is 0.271 e. The number of fused-ring (bicyclic) bond motifs is 2. The van der Waals surface area contributed by atoms with Crippen molar-refractivity contribution in [1.82, 2.24) is 15.2 Å². The smallest absolute Gasteiger partial charge is 0.271 e. The number of rotatable bonds is 5. The standard InChI is InChI=1S/C23H21N5O/c1-13(14-6-7-14)26-21-18-9-8-15(10-20(18)27-28-22(21)23(24)29)19-12-25-11-16-4-2-3-5-17(16)19/h2-5,8-14H,6-7H2,1H3,(H2,24,29)(H,26,27). The van der Waals surface area contributed by atoms with Gasteiger partial charge >= 0.3 is 0 Å². The lowest BCUT2D eigenvalue weighted by molar-refractivity contribution is 0.0995. The van der Waals surface area contributed by atoms with Crippen LogP contribution in [0, 0.1) is 5.92 Å². The molecular formula is C23H21N5O. The van der Waals surface area contributed by atoms with Crippen LogP contribution in [0.15, 0.2) is 54.9 Å². The molecule has 2 heterocycles. The molecule has 1 fully saturated rings. The highest BCUT2D eigenvalue weighted by molar-refractivity contribution is 6.06. The zero-order valence-electron chi connectivity index (χ0n) is 16.1. The molecule has 144 valence electrons. The van der Waals surface area contributed by atoms with E-state index in [-0.39, 0.29) is 11.7 Å². The van der Waals surface area contributed by atoms with Crippen molar-refractivity contribution in [3.8, 4) is 11.1 Å². The Balaban J connectivity index is 1.65. The summed E-state index contributed by atoms with van der Waals surface area (Å²) in [6.45, 7) is 2.13. The maximum atomic E-state index is 11.9. The van der Waals surface area contributed by atoms with E-state index in [0.29, 0.717) is 17.1 Å². The number of nitrogens with one attached hydrogen (secondary N) is 1. The number of nitrogens with two attached hydrogens (primary N) is 1. The number of hydrogen-bond donors (Lipinski definition) is 2. The Kier molecular flexibility index (Phi) is 4.12. The number of aromatic nitrogens is 3. The average Bonchev–Trinajstić information content (AvgIpc) is 3.58. The van der Waals surface area contributed by atoms with Crippen molar-refractivity contribution in [2.75, 3.05) is 5.32 Å². The summed E-state index contributed by atoms with van der Waals surface area (Å²) in [5.41, 5.74) is 9.17. The second-order valence-corrected chi connectivity index (χ2v) is 7.70. The maximum absolute atomic E-state index is 11.9. The fourth-order valence-corrected chi connectivity index (χ4v) is 3.88. The molecule has 1 unspecified atom stereocenters. The van der Waals surface area contributed by atoms with Gasteiger partial charge in [-0.2, -0.15) is 0 Å². The minimum absolute atomic E-state index is 0.185. The van der Waals surface area contributed by atoms with Crippen molar-refractivity contribution in [3.63, 3.8) is 0 Å². The molecular weight excluding hydrogens is 362 g/mol. The molecule has 1 aliphatic carbocycles. The van der Waals surface area contributed by atoms with Crippen molar-refractivity contribution >= 4 is 33.3 Å². The summed E-state index contributed by atoms with van der Waals surface area (Å²) in [4.78, 5) is 16.3. The Bertz CT molecular complexity index is 1240. The van der Waals surface area contributed by atoms with E-state index < -0.39 is 5.91 Å². The van der Waals surface area contributed by atoms with Gasteiger partial charge in [-0.05, 0) is 48.8 Å². The van der Waals surface area contributed by atoms with Crippen LogP contribution in [0.25, 0.3) is 32.8 Å². The third-order valence-corrected chi connectivity index (χ3v) is 5.68. The fourth-order valence-electron chi connectivity index (χ4n) is 3.88. The molecule has 0 radical (unpaired) electrons. The number of carbonyl (C=O) groups is 1. The molecule has 0 saturated heterocycles. The number of amides is 1. The van der Waals surface area contributed by atoms with Gasteiger partial charge in [0.2, 0.25) is 0 Å². The molecule has 1 aliphatic rings. The molecule has 1 saturated carbocycles. The van der Waals surface area contributed by atoms with E-state index in [4.69, 9.17) is 5.73 Å². The van der Waals surface area contributed by atoms with Crippen LogP contribution in [0.3, 0.4) is 0 Å². The molecule has 1 amide bonds. The normalized spacial score (nSPS) is 14.8. The monoisotopic (exact) mass is 383 g/mol. The number of anilines is 1. The van der Waals surface area contributed by atoms with Gasteiger partial charge in [0.25, 0.3) is 5.91 Å². The largest absolute Gasteiger partial charge is 0.380 e. The summed E-state index contributed by atoms with van der Waals surface area (Å²) < 4.78 is 0. The first-order valence-corrected chi connectivity index (χ1v) is 9.82. The summed E-state index contributed by atoms with van der Waals surface area (Å²) in [5.74, 6) is 0.0483. The summed E-state index contributed by atoms with van der Waals surface area (Å²) in [6, 6.07) is 14.4. The number of pyridine rings is 1. The zero-order valence-corrected chi connectivity index (χ0v) is 16.1. The van der Waals surface area contributed by atoms with Crippen LogP contribution in [0.2, 0.25) is 0 Å². The van der Waals surface area contributed by atoms with Gasteiger partial charge in [0.05, 0.1) is 11.2 Å². The molecule has 4 aromatic rings. The molecule has 29 heavy (non-hydrogen) atoms. The van der Waals surface area contributed by atoms with Gasteiger partial charge in [-0.25, -0.2) is 0 Å². The summed E-state index contributed by atoms with van der Waals surface area (Å²) >= 11 is 0. The van der Waals surface area contributed by atoms with Crippen molar-refractivity contribution < 1.29 is 4.79 Å². The molecule has 0 spiro atoms. The molecule has 2 aromatic heterocycles. The Morgan fingerprint density at radius 3 is 2.72 bits per heavy atom. The quantitative estimate of drug-likeness (QED) is 0.540. The highest BCUT2D eigenvalue weighted by Crippen LogP contribution is 2.36. The Morgan fingerprint density at radius 2 is 1.93 bits per heavy atom.